The molecule has 1 aromatic heterocycles. The highest BCUT2D eigenvalue weighted by Gasteiger charge is 2.18. The molecule has 2 aromatic rings. The lowest BCUT2D eigenvalue weighted by Crippen LogP contribution is -2.32. The zero-order valence-corrected chi connectivity index (χ0v) is 17.3. The van der Waals surface area contributed by atoms with Gasteiger partial charge in [-0.3, -0.25) is 14.4 Å². The van der Waals surface area contributed by atoms with Gasteiger partial charge in [0.15, 0.2) is 0 Å². The van der Waals surface area contributed by atoms with Crippen molar-refractivity contribution >= 4 is 29.1 Å². The molecule has 1 heterocycles. The van der Waals surface area contributed by atoms with Crippen LogP contribution in [-0.4, -0.2) is 23.8 Å². The molecule has 0 saturated heterocycles. The van der Waals surface area contributed by atoms with Gasteiger partial charge in [0.05, 0.1) is 12.5 Å². The lowest BCUT2D eigenvalue weighted by molar-refractivity contribution is -0.122. The number of carbonyl (C=O) groups excluding carboxylic acids is 3. The number of thiophene rings is 1. The van der Waals surface area contributed by atoms with E-state index in [-0.39, 0.29) is 36.2 Å². The second kappa shape index (κ2) is 10.6. The molecule has 0 aliphatic carbocycles. The predicted octanol–water partition coefficient (Wildman–Crippen LogP) is 3.16. The summed E-state index contributed by atoms with van der Waals surface area (Å²) in [5.74, 6) is -0.459. The average Bonchev–Trinajstić information content (AvgIpc) is 3.20. The van der Waals surface area contributed by atoms with E-state index in [2.05, 4.69) is 16.0 Å². The third-order valence-corrected chi connectivity index (χ3v) is 5.31. The van der Waals surface area contributed by atoms with Crippen LogP contribution in [0.4, 0.5) is 0 Å². The summed E-state index contributed by atoms with van der Waals surface area (Å²) in [6, 6.07) is 10.8. The quantitative estimate of drug-likeness (QED) is 0.603. The molecule has 150 valence electrons. The first-order valence-electron chi connectivity index (χ1n) is 9.36. The van der Waals surface area contributed by atoms with Crippen molar-refractivity contribution in [1.82, 2.24) is 16.0 Å². The number of nitrogens with one attached hydrogen (secondary N) is 3. The molecule has 7 heteroatoms. The van der Waals surface area contributed by atoms with E-state index in [4.69, 9.17) is 0 Å². The van der Waals surface area contributed by atoms with Gasteiger partial charge in [0.2, 0.25) is 11.8 Å². The maximum atomic E-state index is 12.4. The van der Waals surface area contributed by atoms with Crippen LogP contribution in [0.25, 0.3) is 0 Å². The number of benzene rings is 1. The molecule has 1 aromatic carbocycles. The average molecular weight is 402 g/mol. The molecule has 0 fully saturated rings. The molecule has 0 radical (unpaired) electrons. The SMILES string of the molecule is CCC(C)NC(=O)c1cccc(CNC(=O)CC(NC(C)=O)c2cccs2)c1. The van der Waals surface area contributed by atoms with E-state index in [1.54, 1.807) is 18.2 Å². The van der Waals surface area contributed by atoms with E-state index in [9.17, 15) is 14.4 Å². The minimum Gasteiger partial charge on any atom is -0.352 e. The van der Waals surface area contributed by atoms with Crippen molar-refractivity contribution in [2.45, 2.75) is 52.2 Å². The van der Waals surface area contributed by atoms with E-state index < -0.39 is 0 Å². The maximum absolute atomic E-state index is 12.4. The van der Waals surface area contributed by atoms with Crippen LogP contribution in [-0.2, 0) is 16.1 Å². The van der Waals surface area contributed by atoms with Gasteiger partial charge < -0.3 is 16.0 Å². The highest BCUT2D eigenvalue weighted by atomic mass is 32.1. The van der Waals surface area contributed by atoms with Gasteiger partial charge >= 0.3 is 0 Å². The maximum Gasteiger partial charge on any atom is 0.251 e. The van der Waals surface area contributed by atoms with E-state index in [1.165, 1.54) is 18.3 Å². The highest BCUT2D eigenvalue weighted by Crippen LogP contribution is 2.22. The molecule has 0 saturated carbocycles. The van der Waals surface area contributed by atoms with Crippen LogP contribution in [0.3, 0.4) is 0 Å². The summed E-state index contributed by atoms with van der Waals surface area (Å²) in [5, 5.41) is 10.5. The van der Waals surface area contributed by atoms with Crippen LogP contribution in [0.15, 0.2) is 41.8 Å². The minimum atomic E-state index is -0.342. The Hall–Kier alpha value is -2.67. The third-order valence-electron chi connectivity index (χ3n) is 4.32. The fourth-order valence-electron chi connectivity index (χ4n) is 2.65. The summed E-state index contributed by atoms with van der Waals surface area (Å²) in [6.45, 7) is 5.73. The van der Waals surface area contributed by atoms with Gasteiger partial charge in [0.1, 0.15) is 0 Å². The van der Waals surface area contributed by atoms with Gasteiger partial charge in [-0.1, -0.05) is 25.1 Å². The molecular formula is C21H27N3O3S. The summed E-state index contributed by atoms with van der Waals surface area (Å²) >= 11 is 1.50. The van der Waals surface area contributed by atoms with Crippen molar-refractivity contribution in [2.24, 2.45) is 0 Å². The van der Waals surface area contributed by atoms with Crippen LogP contribution < -0.4 is 16.0 Å². The van der Waals surface area contributed by atoms with Crippen LogP contribution in [0.2, 0.25) is 0 Å². The van der Waals surface area contributed by atoms with Gasteiger partial charge in [-0.2, -0.15) is 0 Å². The molecule has 2 rings (SSSR count). The van der Waals surface area contributed by atoms with Crippen molar-refractivity contribution < 1.29 is 14.4 Å². The Balaban J connectivity index is 1.93. The number of hydrogen-bond acceptors (Lipinski definition) is 4. The molecule has 0 bridgehead atoms. The van der Waals surface area contributed by atoms with Crippen LogP contribution in [0, 0.1) is 0 Å². The summed E-state index contributed by atoms with van der Waals surface area (Å²) in [6.07, 6.45) is 1.02. The van der Waals surface area contributed by atoms with Crippen molar-refractivity contribution in [3.05, 3.63) is 57.8 Å². The Bertz CT molecular complexity index is 805. The van der Waals surface area contributed by atoms with Crippen LogP contribution >= 0.6 is 11.3 Å². The molecular weight excluding hydrogens is 374 g/mol. The lowest BCUT2D eigenvalue weighted by Gasteiger charge is -2.16. The molecule has 28 heavy (non-hydrogen) atoms. The summed E-state index contributed by atoms with van der Waals surface area (Å²) < 4.78 is 0. The minimum absolute atomic E-state index is 0.110. The van der Waals surface area contributed by atoms with Gasteiger partial charge in [0, 0.05) is 30.0 Å². The van der Waals surface area contributed by atoms with Gasteiger partial charge in [0.25, 0.3) is 5.91 Å². The first-order valence-corrected chi connectivity index (χ1v) is 10.2. The van der Waals surface area contributed by atoms with Gasteiger partial charge in [-0.15, -0.1) is 11.3 Å². The zero-order chi connectivity index (χ0) is 20.5. The topological polar surface area (TPSA) is 87.3 Å². The number of hydrogen-bond donors (Lipinski definition) is 3. The molecule has 2 atom stereocenters. The third kappa shape index (κ3) is 6.81. The van der Waals surface area contributed by atoms with E-state index in [1.807, 2.05) is 37.4 Å². The Morgan fingerprint density at radius 2 is 1.89 bits per heavy atom. The monoisotopic (exact) mass is 401 g/mol. The standard InChI is InChI=1S/C21H27N3O3S/c1-4-14(2)23-21(27)17-8-5-7-16(11-17)13-22-20(26)12-18(24-15(3)25)19-9-6-10-28-19/h5-11,14,18H,4,12-13H2,1-3H3,(H,22,26)(H,23,27)(H,24,25). The summed E-state index contributed by atoms with van der Waals surface area (Å²) in [5.41, 5.74) is 1.42. The molecule has 0 spiro atoms. The lowest BCUT2D eigenvalue weighted by atomic mass is 10.1. The summed E-state index contributed by atoms with van der Waals surface area (Å²) in [7, 11) is 0. The largest absolute Gasteiger partial charge is 0.352 e. The van der Waals surface area contributed by atoms with Crippen molar-refractivity contribution in [3.8, 4) is 0 Å². The number of rotatable bonds is 9. The molecule has 0 aliphatic heterocycles. The molecule has 3 N–H and O–H groups in total. The predicted molar refractivity (Wildman–Crippen MR) is 111 cm³/mol. The van der Waals surface area contributed by atoms with E-state index in [0.717, 1.165) is 16.9 Å². The van der Waals surface area contributed by atoms with Crippen LogP contribution in [0.1, 0.15) is 60.5 Å². The number of carbonyl (C=O) groups is 3. The van der Waals surface area contributed by atoms with E-state index >= 15 is 0 Å². The molecule has 2 unspecified atom stereocenters. The van der Waals surface area contributed by atoms with Gasteiger partial charge in [-0.05, 0) is 42.5 Å². The Morgan fingerprint density at radius 1 is 1.11 bits per heavy atom. The van der Waals surface area contributed by atoms with Crippen molar-refractivity contribution in [3.63, 3.8) is 0 Å². The number of amides is 3. The van der Waals surface area contributed by atoms with Gasteiger partial charge in [-0.25, -0.2) is 0 Å². The molecule has 3 amide bonds. The first-order chi connectivity index (χ1) is 13.4. The van der Waals surface area contributed by atoms with E-state index in [0.29, 0.717) is 12.1 Å². The molecule has 6 nitrogen and oxygen atoms in total. The Morgan fingerprint density at radius 3 is 2.54 bits per heavy atom. The first kappa shape index (κ1) is 21.6. The summed E-state index contributed by atoms with van der Waals surface area (Å²) in [4.78, 5) is 37.0. The second-order valence-corrected chi connectivity index (χ2v) is 7.71. The highest BCUT2D eigenvalue weighted by molar-refractivity contribution is 7.10. The Labute approximate surface area is 169 Å². The van der Waals surface area contributed by atoms with Crippen molar-refractivity contribution in [2.75, 3.05) is 0 Å². The normalized spacial score (nSPS) is 12.7. The second-order valence-electron chi connectivity index (χ2n) is 6.73. The fraction of sp³-hybridized carbons (Fsp3) is 0.381. The Kier molecular flexibility index (Phi) is 8.19. The fourth-order valence-corrected chi connectivity index (χ4v) is 3.43. The smallest absolute Gasteiger partial charge is 0.251 e. The molecule has 0 aliphatic rings. The van der Waals surface area contributed by atoms with Crippen molar-refractivity contribution in [1.29, 1.82) is 0 Å². The zero-order valence-electron chi connectivity index (χ0n) is 16.5. The van der Waals surface area contributed by atoms with Crippen LogP contribution in [0.5, 0.6) is 0 Å².